The summed E-state index contributed by atoms with van der Waals surface area (Å²) >= 11 is 0. The van der Waals surface area contributed by atoms with Crippen molar-refractivity contribution < 1.29 is 22.7 Å². The van der Waals surface area contributed by atoms with Crippen LogP contribution in [-0.4, -0.2) is 63.0 Å². The Labute approximate surface area is 171 Å². The number of carbonyl (C=O) groups excluding carboxylic acids is 1. The Morgan fingerprint density at radius 2 is 1.72 bits per heavy atom. The number of likely N-dealkylation sites (N-methyl/N-ethyl adjacent to an activating group) is 1. The van der Waals surface area contributed by atoms with Gasteiger partial charge in [0.1, 0.15) is 5.75 Å². The van der Waals surface area contributed by atoms with Gasteiger partial charge in [-0.2, -0.15) is 4.31 Å². The molecule has 29 heavy (non-hydrogen) atoms. The molecular formula is C21H26N2O5S. The van der Waals surface area contributed by atoms with Gasteiger partial charge in [0, 0.05) is 26.2 Å². The number of sulfonamides is 1. The molecule has 0 atom stereocenters. The van der Waals surface area contributed by atoms with Gasteiger partial charge in [0.15, 0.2) is 6.61 Å². The summed E-state index contributed by atoms with van der Waals surface area (Å²) in [5.41, 5.74) is 1.06. The first kappa shape index (κ1) is 21.3. The summed E-state index contributed by atoms with van der Waals surface area (Å²) in [6.07, 6.45) is 0. The molecular weight excluding hydrogens is 392 g/mol. The summed E-state index contributed by atoms with van der Waals surface area (Å²) in [4.78, 5) is 14.4. The second-order valence-electron chi connectivity index (χ2n) is 6.67. The molecule has 1 fully saturated rings. The molecule has 1 aliphatic rings. The number of amides is 1. The van der Waals surface area contributed by atoms with Gasteiger partial charge in [-0.1, -0.05) is 30.3 Å². The maximum atomic E-state index is 12.6. The van der Waals surface area contributed by atoms with Crippen LogP contribution < -0.4 is 4.74 Å². The predicted molar refractivity (Wildman–Crippen MR) is 109 cm³/mol. The molecule has 7 nitrogen and oxygen atoms in total. The molecule has 0 saturated carbocycles. The lowest BCUT2D eigenvalue weighted by atomic mass is 10.2. The Hall–Kier alpha value is -2.42. The van der Waals surface area contributed by atoms with Gasteiger partial charge >= 0.3 is 0 Å². The molecule has 0 N–H and O–H groups in total. The van der Waals surface area contributed by atoms with Crippen LogP contribution >= 0.6 is 0 Å². The third-order valence-corrected chi connectivity index (χ3v) is 6.66. The van der Waals surface area contributed by atoms with Crippen molar-refractivity contribution in [2.24, 2.45) is 0 Å². The predicted octanol–water partition coefficient (Wildman–Crippen LogP) is 2.13. The van der Waals surface area contributed by atoms with Gasteiger partial charge in [-0.15, -0.1) is 0 Å². The van der Waals surface area contributed by atoms with Crippen LogP contribution in [0.2, 0.25) is 0 Å². The summed E-state index contributed by atoms with van der Waals surface area (Å²) in [7, 11) is -3.54. The standard InChI is InChI=1S/C21H26N2O5S/c1-2-22(16-18-6-4-3-5-7-18)21(24)17-28-19-8-10-20(11-9-19)29(25,26)23-12-14-27-15-13-23/h3-11H,2,12-17H2,1H3. The molecule has 8 heteroatoms. The number of nitrogens with zero attached hydrogens (tertiary/aromatic N) is 2. The fourth-order valence-corrected chi connectivity index (χ4v) is 4.47. The smallest absolute Gasteiger partial charge is 0.260 e. The highest BCUT2D eigenvalue weighted by Crippen LogP contribution is 2.20. The highest BCUT2D eigenvalue weighted by molar-refractivity contribution is 7.89. The van der Waals surface area contributed by atoms with Crippen LogP contribution in [0.1, 0.15) is 12.5 Å². The van der Waals surface area contributed by atoms with E-state index in [4.69, 9.17) is 9.47 Å². The topological polar surface area (TPSA) is 76.2 Å². The molecule has 2 aromatic carbocycles. The fourth-order valence-electron chi connectivity index (χ4n) is 3.06. The second kappa shape index (κ2) is 9.87. The van der Waals surface area contributed by atoms with E-state index in [1.165, 1.54) is 16.4 Å². The number of hydrogen-bond acceptors (Lipinski definition) is 5. The molecule has 0 bridgehead atoms. The Morgan fingerprint density at radius 3 is 2.34 bits per heavy atom. The number of rotatable bonds is 8. The van der Waals surface area contributed by atoms with Crippen LogP contribution in [0.15, 0.2) is 59.5 Å². The highest BCUT2D eigenvalue weighted by atomic mass is 32.2. The Balaban J connectivity index is 1.57. The molecule has 0 radical (unpaired) electrons. The average molecular weight is 419 g/mol. The van der Waals surface area contributed by atoms with Crippen LogP contribution in [0.25, 0.3) is 0 Å². The van der Waals surface area contributed by atoms with E-state index in [1.807, 2.05) is 37.3 Å². The lowest BCUT2D eigenvalue weighted by Crippen LogP contribution is -2.40. The third kappa shape index (κ3) is 5.56. The summed E-state index contributed by atoms with van der Waals surface area (Å²) < 4.78 is 37.5. The summed E-state index contributed by atoms with van der Waals surface area (Å²) in [6.45, 7) is 4.43. The van der Waals surface area contributed by atoms with Crippen LogP contribution in [0.3, 0.4) is 0 Å². The quantitative estimate of drug-likeness (QED) is 0.657. The van der Waals surface area contributed by atoms with E-state index >= 15 is 0 Å². The minimum atomic E-state index is -3.54. The number of hydrogen-bond donors (Lipinski definition) is 0. The van der Waals surface area contributed by atoms with E-state index in [9.17, 15) is 13.2 Å². The van der Waals surface area contributed by atoms with Crippen LogP contribution in [0, 0.1) is 0 Å². The van der Waals surface area contributed by atoms with Gasteiger partial charge in [0.25, 0.3) is 5.91 Å². The lowest BCUT2D eigenvalue weighted by Gasteiger charge is -2.26. The highest BCUT2D eigenvalue weighted by Gasteiger charge is 2.26. The molecule has 156 valence electrons. The lowest BCUT2D eigenvalue weighted by molar-refractivity contribution is -0.133. The molecule has 1 heterocycles. The first-order chi connectivity index (χ1) is 14.0. The zero-order valence-electron chi connectivity index (χ0n) is 16.5. The minimum absolute atomic E-state index is 0.101. The van der Waals surface area contributed by atoms with Gasteiger partial charge in [-0.05, 0) is 36.8 Å². The number of morpholine rings is 1. The van der Waals surface area contributed by atoms with Gasteiger partial charge in [0.2, 0.25) is 10.0 Å². The van der Waals surface area contributed by atoms with Gasteiger partial charge < -0.3 is 14.4 Å². The van der Waals surface area contributed by atoms with E-state index in [0.717, 1.165) is 5.56 Å². The van der Waals surface area contributed by atoms with Crippen molar-refractivity contribution in [2.75, 3.05) is 39.5 Å². The Morgan fingerprint density at radius 1 is 1.07 bits per heavy atom. The van der Waals surface area contributed by atoms with Crippen LogP contribution in [0.5, 0.6) is 5.75 Å². The minimum Gasteiger partial charge on any atom is -0.484 e. The van der Waals surface area contributed by atoms with Crippen molar-refractivity contribution in [3.63, 3.8) is 0 Å². The molecule has 1 amide bonds. The fraction of sp³-hybridized carbons (Fsp3) is 0.381. The van der Waals surface area contributed by atoms with Crippen molar-refractivity contribution in [1.82, 2.24) is 9.21 Å². The Kier molecular flexibility index (Phi) is 7.24. The van der Waals surface area contributed by atoms with Crippen molar-refractivity contribution in [1.29, 1.82) is 0 Å². The van der Waals surface area contributed by atoms with Crippen molar-refractivity contribution in [3.8, 4) is 5.75 Å². The monoisotopic (exact) mass is 418 g/mol. The van der Waals surface area contributed by atoms with Gasteiger partial charge in [-0.25, -0.2) is 8.42 Å². The van der Waals surface area contributed by atoms with E-state index < -0.39 is 10.0 Å². The van der Waals surface area contributed by atoms with E-state index in [0.29, 0.717) is 45.1 Å². The van der Waals surface area contributed by atoms with Crippen LogP contribution in [0.4, 0.5) is 0 Å². The number of carbonyl (C=O) groups is 1. The summed E-state index contributed by atoms with van der Waals surface area (Å²) in [5, 5.41) is 0. The number of benzene rings is 2. The molecule has 0 aromatic heterocycles. The molecule has 0 spiro atoms. The van der Waals surface area contributed by atoms with Crippen molar-refractivity contribution in [2.45, 2.75) is 18.4 Å². The molecule has 3 rings (SSSR count). The maximum absolute atomic E-state index is 12.6. The first-order valence-electron chi connectivity index (χ1n) is 9.63. The zero-order chi connectivity index (χ0) is 20.7. The van der Waals surface area contributed by atoms with Crippen molar-refractivity contribution >= 4 is 15.9 Å². The summed E-state index contributed by atoms with van der Waals surface area (Å²) in [5.74, 6) is 0.330. The number of ether oxygens (including phenoxy) is 2. The van der Waals surface area contributed by atoms with Gasteiger partial charge in [-0.3, -0.25) is 4.79 Å². The molecule has 1 saturated heterocycles. The average Bonchev–Trinajstić information content (AvgIpc) is 2.77. The normalized spacial score (nSPS) is 15.1. The second-order valence-corrected chi connectivity index (χ2v) is 8.61. The molecule has 0 aliphatic carbocycles. The molecule has 1 aliphatic heterocycles. The van der Waals surface area contributed by atoms with Crippen LogP contribution in [-0.2, 0) is 26.1 Å². The summed E-state index contributed by atoms with van der Waals surface area (Å²) in [6, 6.07) is 15.9. The van der Waals surface area contributed by atoms with Crippen molar-refractivity contribution in [3.05, 3.63) is 60.2 Å². The van der Waals surface area contributed by atoms with E-state index in [-0.39, 0.29) is 17.4 Å². The first-order valence-corrected chi connectivity index (χ1v) is 11.1. The largest absolute Gasteiger partial charge is 0.484 e. The Bertz CT molecular complexity index is 894. The van der Waals surface area contributed by atoms with Gasteiger partial charge in [0.05, 0.1) is 18.1 Å². The van der Waals surface area contributed by atoms with E-state index in [2.05, 4.69) is 0 Å². The maximum Gasteiger partial charge on any atom is 0.260 e. The third-order valence-electron chi connectivity index (χ3n) is 4.74. The molecule has 0 unspecified atom stereocenters. The SMILES string of the molecule is CCN(Cc1ccccc1)C(=O)COc1ccc(S(=O)(=O)N2CCOCC2)cc1. The zero-order valence-corrected chi connectivity index (χ0v) is 17.3. The molecule has 2 aromatic rings. The van der Waals surface area contributed by atoms with E-state index in [1.54, 1.807) is 17.0 Å².